The quantitative estimate of drug-likeness (QED) is 0.605. The van der Waals surface area contributed by atoms with Gasteiger partial charge in [0, 0.05) is 6.07 Å². The number of hydrogen-bond donors (Lipinski definition) is 4. The Balaban J connectivity index is 2.25. The van der Waals surface area contributed by atoms with Gasteiger partial charge >= 0.3 is 5.97 Å². The van der Waals surface area contributed by atoms with Crippen LogP contribution in [0.2, 0.25) is 0 Å². The number of carboxylic acid groups (broad SMARTS) is 1. The molecule has 0 aliphatic rings. The summed E-state index contributed by atoms with van der Waals surface area (Å²) in [5.74, 6) is -1.48. The number of aromatic nitrogens is 2. The molecule has 0 spiro atoms. The molecule has 0 atom stereocenters. The van der Waals surface area contributed by atoms with Crippen LogP contribution in [0.4, 0.5) is 5.69 Å². The summed E-state index contributed by atoms with van der Waals surface area (Å²) in [5.41, 5.74) is -0.648. The Morgan fingerprint density at radius 2 is 2.09 bits per heavy atom. The number of H-pyrrole nitrogens is 1. The molecule has 4 N–H and O–H groups in total. The van der Waals surface area contributed by atoms with E-state index < -0.39 is 23.2 Å². The van der Waals surface area contributed by atoms with Gasteiger partial charge < -0.3 is 20.5 Å². The minimum atomic E-state index is -1.20. The second-order valence-electron chi connectivity index (χ2n) is 4.50. The molecule has 8 nitrogen and oxygen atoms in total. The summed E-state index contributed by atoms with van der Waals surface area (Å²) in [4.78, 5) is 41.0. The van der Waals surface area contributed by atoms with Crippen molar-refractivity contribution in [3.8, 4) is 5.75 Å². The number of rotatable bonds is 5. The van der Waals surface area contributed by atoms with Crippen LogP contribution in [-0.4, -0.2) is 38.3 Å². The maximum absolute atomic E-state index is 12.1. The number of benzene rings is 1. The van der Waals surface area contributed by atoms with E-state index in [0.29, 0.717) is 11.6 Å². The lowest BCUT2D eigenvalue weighted by Crippen LogP contribution is -2.20. The molecule has 0 aliphatic heterocycles. The number of aromatic carboxylic acids is 1. The van der Waals surface area contributed by atoms with Crippen LogP contribution >= 0.6 is 11.8 Å². The zero-order chi connectivity index (χ0) is 17.0. The highest BCUT2D eigenvalue weighted by atomic mass is 32.2. The SMILES string of the molecule is CSCc1nc(C(=O)Nc2ccc(C(=O)O)cc2O)cc(=O)[nH]1. The molecule has 0 bridgehead atoms. The standard InChI is InChI=1S/C14H13N3O5S/c1-23-6-11-15-9(5-12(19)17-11)13(20)16-8-3-2-7(14(21)22)4-10(8)18/h2-5,18H,6H2,1H3,(H,16,20)(H,21,22)(H,15,17,19). The van der Waals surface area contributed by atoms with Gasteiger partial charge in [-0.1, -0.05) is 0 Å². The number of carbonyl (C=O) groups is 2. The van der Waals surface area contributed by atoms with Gasteiger partial charge in [0.1, 0.15) is 17.3 Å². The van der Waals surface area contributed by atoms with Gasteiger partial charge in [0.25, 0.3) is 11.5 Å². The maximum Gasteiger partial charge on any atom is 0.335 e. The number of anilines is 1. The van der Waals surface area contributed by atoms with Gasteiger partial charge in [0.05, 0.1) is 17.0 Å². The maximum atomic E-state index is 12.1. The molecule has 0 saturated carbocycles. The van der Waals surface area contributed by atoms with Gasteiger partial charge in [0.2, 0.25) is 0 Å². The summed E-state index contributed by atoms with van der Waals surface area (Å²) in [6.07, 6.45) is 1.83. The molecule has 0 saturated heterocycles. The number of nitrogens with one attached hydrogen (secondary N) is 2. The number of aromatic hydroxyl groups is 1. The number of thioether (sulfide) groups is 1. The lowest BCUT2D eigenvalue weighted by atomic mass is 10.2. The molecule has 9 heteroatoms. The molecular weight excluding hydrogens is 322 g/mol. The van der Waals surface area contributed by atoms with E-state index in [4.69, 9.17) is 5.11 Å². The van der Waals surface area contributed by atoms with Gasteiger partial charge in [-0.05, 0) is 24.5 Å². The van der Waals surface area contributed by atoms with Crippen LogP contribution in [0.3, 0.4) is 0 Å². The summed E-state index contributed by atoms with van der Waals surface area (Å²) < 4.78 is 0. The first-order valence-corrected chi connectivity index (χ1v) is 7.77. The molecule has 2 rings (SSSR count). The third-order valence-electron chi connectivity index (χ3n) is 2.80. The van der Waals surface area contributed by atoms with Gasteiger partial charge in [-0.3, -0.25) is 9.59 Å². The molecular formula is C14H13N3O5S. The molecule has 1 aromatic carbocycles. The fourth-order valence-corrected chi connectivity index (χ4v) is 2.20. The molecule has 0 unspecified atom stereocenters. The first-order chi connectivity index (χ1) is 10.9. The highest BCUT2D eigenvalue weighted by Gasteiger charge is 2.14. The number of nitrogens with zero attached hydrogens (tertiary/aromatic N) is 1. The Kier molecular flexibility index (Phi) is 5.02. The van der Waals surface area contributed by atoms with E-state index in [-0.39, 0.29) is 16.9 Å². The Labute approximate surface area is 134 Å². The van der Waals surface area contributed by atoms with Crippen molar-refractivity contribution < 1.29 is 19.8 Å². The lowest BCUT2D eigenvalue weighted by molar-refractivity contribution is 0.0696. The van der Waals surface area contributed by atoms with Gasteiger partial charge in [-0.2, -0.15) is 11.8 Å². The zero-order valence-electron chi connectivity index (χ0n) is 12.0. The van der Waals surface area contributed by atoms with Crippen molar-refractivity contribution in [2.45, 2.75) is 5.75 Å². The molecule has 0 radical (unpaired) electrons. The van der Waals surface area contributed by atoms with Gasteiger partial charge in [0.15, 0.2) is 0 Å². The monoisotopic (exact) mass is 335 g/mol. The largest absolute Gasteiger partial charge is 0.506 e. The van der Waals surface area contributed by atoms with E-state index in [9.17, 15) is 19.5 Å². The first-order valence-electron chi connectivity index (χ1n) is 6.37. The van der Waals surface area contributed by atoms with Crippen molar-refractivity contribution in [3.05, 3.63) is 51.7 Å². The van der Waals surface area contributed by atoms with Crippen molar-refractivity contribution in [1.82, 2.24) is 9.97 Å². The highest BCUT2D eigenvalue weighted by Crippen LogP contribution is 2.24. The molecule has 2 aromatic rings. The Morgan fingerprint density at radius 1 is 1.35 bits per heavy atom. The lowest BCUT2D eigenvalue weighted by Gasteiger charge is -2.08. The summed E-state index contributed by atoms with van der Waals surface area (Å²) in [5, 5.41) is 21.0. The topological polar surface area (TPSA) is 132 Å². The number of carboxylic acids is 1. The third-order valence-corrected chi connectivity index (χ3v) is 3.36. The van der Waals surface area contributed by atoms with E-state index in [1.165, 1.54) is 23.9 Å². The highest BCUT2D eigenvalue weighted by molar-refractivity contribution is 7.97. The van der Waals surface area contributed by atoms with Crippen LogP contribution in [-0.2, 0) is 5.75 Å². The van der Waals surface area contributed by atoms with Gasteiger partial charge in [-0.25, -0.2) is 9.78 Å². The zero-order valence-corrected chi connectivity index (χ0v) is 12.8. The van der Waals surface area contributed by atoms with Crippen LogP contribution in [0.15, 0.2) is 29.1 Å². The van der Waals surface area contributed by atoms with E-state index in [1.54, 1.807) is 0 Å². The normalized spacial score (nSPS) is 10.3. The van der Waals surface area contributed by atoms with Crippen LogP contribution in [0.25, 0.3) is 0 Å². The van der Waals surface area contributed by atoms with Crippen molar-refractivity contribution in [1.29, 1.82) is 0 Å². The average molecular weight is 335 g/mol. The van der Waals surface area contributed by atoms with Crippen LogP contribution in [0.5, 0.6) is 5.75 Å². The molecule has 1 aromatic heterocycles. The number of phenolic OH excluding ortho intramolecular Hbond substituents is 1. The molecule has 0 aliphatic carbocycles. The van der Waals surface area contributed by atoms with Crippen LogP contribution in [0.1, 0.15) is 26.7 Å². The molecule has 1 heterocycles. The van der Waals surface area contributed by atoms with E-state index in [0.717, 1.165) is 12.1 Å². The van der Waals surface area contributed by atoms with E-state index in [2.05, 4.69) is 15.3 Å². The minimum Gasteiger partial charge on any atom is -0.506 e. The van der Waals surface area contributed by atoms with Crippen molar-refractivity contribution in [2.24, 2.45) is 0 Å². The van der Waals surface area contributed by atoms with Gasteiger partial charge in [-0.15, -0.1) is 0 Å². The molecule has 1 amide bonds. The Morgan fingerprint density at radius 3 is 2.70 bits per heavy atom. The predicted octanol–water partition coefficient (Wildman–Crippen LogP) is 1.29. The summed E-state index contributed by atoms with van der Waals surface area (Å²) in [6, 6.07) is 4.55. The van der Waals surface area contributed by atoms with Crippen LogP contribution in [0, 0.1) is 0 Å². The predicted molar refractivity (Wildman–Crippen MR) is 85.1 cm³/mol. The summed E-state index contributed by atoms with van der Waals surface area (Å²) in [7, 11) is 0. The minimum absolute atomic E-state index is 0.0218. The van der Waals surface area contributed by atoms with Crippen LogP contribution < -0.4 is 10.9 Å². The number of phenols is 1. The molecule has 120 valence electrons. The number of carbonyl (C=O) groups excluding carboxylic acids is 1. The van der Waals surface area contributed by atoms with Crippen molar-refractivity contribution in [3.63, 3.8) is 0 Å². The molecule has 0 fully saturated rings. The average Bonchev–Trinajstić information content (AvgIpc) is 2.48. The fourth-order valence-electron chi connectivity index (χ4n) is 1.79. The Bertz CT molecular complexity index is 818. The second-order valence-corrected chi connectivity index (χ2v) is 5.37. The second kappa shape index (κ2) is 6.97. The number of aromatic amines is 1. The fraction of sp³-hybridized carbons (Fsp3) is 0.143. The molecule has 23 heavy (non-hydrogen) atoms. The Hall–Kier alpha value is -2.81. The smallest absolute Gasteiger partial charge is 0.335 e. The third kappa shape index (κ3) is 4.10. The first kappa shape index (κ1) is 16.6. The van der Waals surface area contributed by atoms with Crippen molar-refractivity contribution >= 4 is 29.3 Å². The van der Waals surface area contributed by atoms with E-state index in [1.807, 2.05) is 6.26 Å². The van der Waals surface area contributed by atoms with E-state index >= 15 is 0 Å². The number of amides is 1. The summed E-state index contributed by atoms with van der Waals surface area (Å²) in [6.45, 7) is 0. The summed E-state index contributed by atoms with van der Waals surface area (Å²) >= 11 is 1.43. The van der Waals surface area contributed by atoms with Crippen molar-refractivity contribution in [2.75, 3.05) is 11.6 Å². The number of hydrogen-bond acceptors (Lipinski definition) is 6.